The van der Waals surface area contributed by atoms with E-state index in [1.165, 1.54) is 0 Å². The quantitative estimate of drug-likeness (QED) is 0.776. The Balaban J connectivity index is 1.79. The van der Waals surface area contributed by atoms with Gasteiger partial charge >= 0.3 is 7.12 Å². The Morgan fingerprint density at radius 1 is 1.08 bits per heavy atom. The third-order valence-corrected chi connectivity index (χ3v) is 6.14. The van der Waals surface area contributed by atoms with Crippen molar-refractivity contribution < 1.29 is 14.1 Å². The molecule has 2 saturated heterocycles. The molecule has 3 rings (SSSR count). The van der Waals surface area contributed by atoms with E-state index in [9.17, 15) is 4.79 Å². The van der Waals surface area contributed by atoms with Crippen LogP contribution in [0.4, 0.5) is 0 Å². The molecule has 1 aromatic carbocycles. The summed E-state index contributed by atoms with van der Waals surface area (Å²) >= 11 is 0. The zero-order valence-electron chi connectivity index (χ0n) is 17.0. The molecule has 26 heavy (non-hydrogen) atoms. The summed E-state index contributed by atoms with van der Waals surface area (Å²) < 4.78 is 12.4. The highest BCUT2D eigenvalue weighted by Gasteiger charge is 2.52. The third-order valence-electron chi connectivity index (χ3n) is 6.14. The smallest absolute Gasteiger partial charge is 0.399 e. The predicted octanol–water partition coefficient (Wildman–Crippen LogP) is 2.07. The van der Waals surface area contributed by atoms with Gasteiger partial charge in [-0.2, -0.15) is 0 Å². The van der Waals surface area contributed by atoms with Crippen molar-refractivity contribution >= 4 is 18.5 Å². The molecule has 2 heterocycles. The highest BCUT2D eigenvalue weighted by atomic mass is 16.7. The number of hydrogen-bond donors (Lipinski definition) is 0. The molecule has 0 saturated carbocycles. The van der Waals surface area contributed by atoms with Gasteiger partial charge in [0.2, 0.25) is 0 Å². The topological polar surface area (TPSA) is 42.0 Å². The predicted molar refractivity (Wildman–Crippen MR) is 105 cm³/mol. The number of rotatable bonds is 3. The van der Waals surface area contributed by atoms with Crippen LogP contribution in [0.15, 0.2) is 18.2 Å². The summed E-state index contributed by atoms with van der Waals surface area (Å²) in [7, 11) is -0.440. The summed E-state index contributed by atoms with van der Waals surface area (Å²) in [6, 6.07) is 5.86. The number of carbonyl (C=O) groups excluding carboxylic acids is 1. The lowest BCUT2D eigenvalue weighted by molar-refractivity contribution is 0.00578. The van der Waals surface area contributed by atoms with E-state index in [1.807, 2.05) is 57.7 Å². The molecule has 0 radical (unpaired) electrons. The van der Waals surface area contributed by atoms with E-state index in [1.54, 1.807) is 0 Å². The fourth-order valence-corrected chi connectivity index (χ4v) is 3.45. The average molecular weight is 358 g/mol. The first-order valence-electron chi connectivity index (χ1n) is 9.62. The van der Waals surface area contributed by atoms with Crippen LogP contribution in [0.3, 0.4) is 0 Å². The molecule has 2 aliphatic heterocycles. The van der Waals surface area contributed by atoms with Crippen molar-refractivity contribution in [2.75, 3.05) is 32.7 Å². The van der Waals surface area contributed by atoms with Crippen LogP contribution in [-0.2, 0) is 9.31 Å². The van der Waals surface area contributed by atoms with Gasteiger partial charge in [-0.3, -0.25) is 4.79 Å². The number of carbonyl (C=O) groups is 1. The maximum atomic E-state index is 13.0. The van der Waals surface area contributed by atoms with Crippen LogP contribution >= 0.6 is 0 Å². The van der Waals surface area contributed by atoms with Crippen molar-refractivity contribution in [2.45, 2.75) is 52.7 Å². The second-order valence-corrected chi connectivity index (χ2v) is 8.39. The van der Waals surface area contributed by atoms with E-state index in [2.05, 4.69) is 11.8 Å². The monoisotopic (exact) mass is 358 g/mol. The standard InChI is InChI=1S/C20H31BN2O3/c1-7-22-10-12-23(13-11-22)18(24)16-9-8-15(2)17(14-16)21-25-19(3,4)20(5,6)26-21/h8-9,14H,7,10-13H2,1-6H3. The first kappa shape index (κ1) is 19.4. The van der Waals surface area contributed by atoms with E-state index in [-0.39, 0.29) is 17.1 Å². The van der Waals surface area contributed by atoms with Gasteiger partial charge in [0, 0.05) is 31.7 Å². The van der Waals surface area contributed by atoms with Gasteiger partial charge in [-0.05, 0) is 58.8 Å². The van der Waals surface area contributed by atoms with Gasteiger partial charge in [-0.25, -0.2) is 0 Å². The molecule has 6 heteroatoms. The third kappa shape index (κ3) is 3.55. The molecule has 1 amide bonds. The van der Waals surface area contributed by atoms with Crippen molar-refractivity contribution in [3.05, 3.63) is 29.3 Å². The Morgan fingerprint density at radius 3 is 2.19 bits per heavy atom. The zero-order valence-corrected chi connectivity index (χ0v) is 17.0. The first-order chi connectivity index (χ1) is 12.1. The largest absolute Gasteiger partial charge is 0.495 e. The number of hydrogen-bond acceptors (Lipinski definition) is 4. The minimum absolute atomic E-state index is 0.0959. The van der Waals surface area contributed by atoms with E-state index in [4.69, 9.17) is 9.31 Å². The Labute approximate surface area is 157 Å². The van der Waals surface area contributed by atoms with Gasteiger partial charge < -0.3 is 19.1 Å². The van der Waals surface area contributed by atoms with Gasteiger partial charge in [-0.15, -0.1) is 0 Å². The molecule has 0 aliphatic carbocycles. The molecule has 0 bridgehead atoms. The highest BCUT2D eigenvalue weighted by Crippen LogP contribution is 2.36. The summed E-state index contributed by atoms with van der Waals surface area (Å²) in [5.41, 5.74) is 1.96. The number of piperazine rings is 1. The summed E-state index contributed by atoms with van der Waals surface area (Å²) in [6.45, 7) is 16.9. The van der Waals surface area contributed by atoms with Gasteiger partial charge in [-0.1, -0.05) is 18.6 Å². The molecule has 0 aromatic heterocycles. The Hall–Kier alpha value is -1.37. The molecule has 5 nitrogen and oxygen atoms in total. The minimum atomic E-state index is -0.440. The van der Waals surface area contributed by atoms with E-state index in [0.717, 1.165) is 43.8 Å². The van der Waals surface area contributed by atoms with Crippen LogP contribution in [-0.4, -0.2) is 66.8 Å². The lowest BCUT2D eigenvalue weighted by Crippen LogP contribution is -2.48. The van der Waals surface area contributed by atoms with Crippen molar-refractivity contribution in [1.29, 1.82) is 0 Å². The molecule has 142 valence electrons. The summed E-state index contributed by atoms with van der Waals surface area (Å²) in [5, 5.41) is 0. The van der Waals surface area contributed by atoms with E-state index in [0.29, 0.717) is 5.56 Å². The Morgan fingerprint density at radius 2 is 1.65 bits per heavy atom. The van der Waals surface area contributed by atoms with Crippen molar-refractivity contribution in [1.82, 2.24) is 9.80 Å². The van der Waals surface area contributed by atoms with Gasteiger partial charge in [0.25, 0.3) is 5.91 Å². The van der Waals surface area contributed by atoms with E-state index < -0.39 is 7.12 Å². The lowest BCUT2D eigenvalue weighted by atomic mass is 9.75. The molecular weight excluding hydrogens is 327 g/mol. The maximum absolute atomic E-state index is 13.0. The normalized spacial score (nSPS) is 22.7. The van der Waals surface area contributed by atoms with Crippen molar-refractivity contribution in [3.8, 4) is 0 Å². The zero-order chi connectivity index (χ0) is 19.1. The second-order valence-electron chi connectivity index (χ2n) is 8.39. The molecule has 0 unspecified atom stereocenters. The molecule has 0 spiro atoms. The minimum Gasteiger partial charge on any atom is -0.399 e. The molecule has 0 atom stereocenters. The van der Waals surface area contributed by atoms with Crippen LogP contribution < -0.4 is 5.46 Å². The van der Waals surface area contributed by atoms with Gasteiger partial charge in [0.1, 0.15) is 0 Å². The molecule has 2 aliphatic rings. The van der Waals surface area contributed by atoms with Crippen LogP contribution in [0.1, 0.15) is 50.5 Å². The van der Waals surface area contributed by atoms with Crippen LogP contribution in [0.25, 0.3) is 0 Å². The van der Waals surface area contributed by atoms with Gasteiger partial charge in [0.05, 0.1) is 11.2 Å². The molecule has 2 fully saturated rings. The maximum Gasteiger partial charge on any atom is 0.495 e. The first-order valence-corrected chi connectivity index (χ1v) is 9.62. The second kappa shape index (κ2) is 6.99. The van der Waals surface area contributed by atoms with Crippen LogP contribution in [0, 0.1) is 6.92 Å². The molecular formula is C20H31BN2O3. The number of amides is 1. The van der Waals surface area contributed by atoms with Gasteiger partial charge in [0.15, 0.2) is 0 Å². The summed E-state index contributed by atoms with van der Waals surface area (Å²) in [6.07, 6.45) is 0. The van der Waals surface area contributed by atoms with Crippen molar-refractivity contribution in [3.63, 3.8) is 0 Å². The lowest BCUT2D eigenvalue weighted by Gasteiger charge is -2.34. The average Bonchev–Trinajstić information content (AvgIpc) is 2.82. The summed E-state index contributed by atoms with van der Waals surface area (Å²) in [5.74, 6) is 0.0959. The number of aryl methyl sites for hydroxylation is 1. The molecule has 1 aromatic rings. The van der Waals surface area contributed by atoms with E-state index >= 15 is 0 Å². The number of nitrogens with zero attached hydrogens (tertiary/aromatic N) is 2. The fourth-order valence-electron chi connectivity index (χ4n) is 3.45. The number of benzene rings is 1. The van der Waals surface area contributed by atoms with Crippen LogP contribution in [0.2, 0.25) is 0 Å². The fraction of sp³-hybridized carbons (Fsp3) is 0.650. The van der Waals surface area contributed by atoms with Crippen LogP contribution in [0.5, 0.6) is 0 Å². The number of likely N-dealkylation sites (N-methyl/N-ethyl adjacent to an activating group) is 1. The van der Waals surface area contributed by atoms with Crippen molar-refractivity contribution in [2.24, 2.45) is 0 Å². The highest BCUT2D eigenvalue weighted by molar-refractivity contribution is 6.62. The molecule has 0 N–H and O–H groups in total. The Kier molecular flexibility index (Phi) is 5.21. The Bertz CT molecular complexity index is 666. The summed E-state index contributed by atoms with van der Waals surface area (Å²) in [4.78, 5) is 17.3. The SMILES string of the molecule is CCN1CCN(C(=O)c2ccc(C)c(B3OC(C)(C)C(C)(C)O3)c2)CC1.